The van der Waals surface area contributed by atoms with Gasteiger partial charge in [0.05, 0.1) is 0 Å². The van der Waals surface area contributed by atoms with E-state index in [9.17, 15) is 0 Å². The number of hydrogen-bond donors (Lipinski definition) is 1. The largest absolute Gasteiger partial charge is 0.423 e. The molecule has 0 radical (unpaired) electrons. The third-order valence-corrected chi connectivity index (χ3v) is 3.07. The van der Waals surface area contributed by atoms with E-state index in [0.29, 0.717) is 17.9 Å². The number of aromatic nitrogens is 2. The highest BCUT2D eigenvalue weighted by molar-refractivity contribution is 5.64. The van der Waals surface area contributed by atoms with Crippen LogP contribution in [0, 0.1) is 12.8 Å². The molecule has 1 aromatic carbocycles. The molecule has 1 atom stereocenters. The molecule has 1 aromatic heterocycles. The van der Waals surface area contributed by atoms with E-state index < -0.39 is 0 Å². The van der Waals surface area contributed by atoms with Crippen LogP contribution in [0.4, 0.5) is 5.69 Å². The highest BCUT2D eigenvalue weighted by Gasteiger charge is 2.10. The molecule has 0 saturated heterocycles. The fraction of sp³-hybridized carbons (Fsp3) is 0.467. The van der Waals surface area contributed by atoms with Gasteiger partial charge in [-0.2, -0.15) is 0 Å². The lowest BCUT2D eigenvalue weighted by atomic mass is 10.0. The van der Waals surface area contributed by atoms with Crippen LogP contribution < -0.4 is 5.32 Å². The van der Waals surface area contributed by atoms with Crippen LogP contribution in [-0.4, -0.2) is 16.2 Å². The van der Waals surface area contributed by atoms with E-state index in [4.69, 9.17) is 4.42 Å². The maximum atomic E-state index is 5.23. The minimum atomic E-state index is 0.441. The molecular weight excluding hydrogens is 238 g/mol. The molecule has 0 spiro atoms. The van der Waals surface area contributed by atoms with Crippen LogP contribution in [0.2, 0.25) is 0 Å². The second kappa shape index (κ2) is 5.87. The number of hydrogen-bond acceptors (Lipinski definition) is 4. The van der Waals surface area contributed by atoms with Gasteiger partial charge in [0.15, 0.2) is 0 Å². The molecule has 0 amide bonds. The lowest BCUT2D eigenvalue weighted by Crippen LogP contribution is -2.18. The zero-order valence-electron chi connectivity index (χ0n) is 12.0. The molecule has 0 bridgehead atoms. The fourth-order valence-electron chi connectivity index (χ4n) is 2.24. The van der Waals surface area contributed by atoms with Crippen LogP contribution in [0.5, 0.6) is 0 Å². The number of benzene rings is 1. The molecule has 0 aliphatic carbocycles. The van der Waals surface area contributed by atoms with Crippen molar-refractivity contribution in [1.29, 1.82) is 0 Å². The lowest BCUT2D eigenvalue weighted by Gasteiger charge is -2.19. The van der Waals surface area contributed by atoms with Gasteiger partial charge in [0.2, 0.25) is 12.3 Å². The van der Waals surface area contributed by atoms with Gasteiger partial charge in [0.25, 0.3) is 0 Å². The Bertz CT molecular complexity index is 520. The molecule has 102 valence electrons. The summed E-state index contributed by atoms with van der Waals surface area (Å²) in [5.74, 6) is 1.24. The molecule has 1 N–H and O–H groups in total. The van der Waals surface area contributed by atoms with Crippen LogP contribution in [0.3, 0.4) is 0 Å². The van der Waals surface area contributed by atoms with Crippen LogP contribution in [-0.2, 0) is 0 Å². The maximum Gasteiger partial charge on any atom is 0.247 e. The summed E-state index contributed by atoms with van der Waals surface area (Å²) >= 11 is 0. The predicted molar refractivity (Wildman–Crippen MR) is 77.0 cm³/mol. The first-order valence-corrected chi connectivity index (χ1v) is 6.70. The third-order valence-electron chi connectivity index (χ3n) is 3.07. The molecule has 19 heavy (non-hydrogen) atoms. The second-order valence-electron chi connectivity index (χ2n) is 5.45. The van der Waals surface area contributed by atoms with Crippen molar-refractivity contribution < 1.29 is 4.42 Å². The summed E-state index contributed by atoms with van der Waals surface area (Å²) in [6, 6.07) is 6.58. The van der Waals surface area contributed by atoms with Crippen molar-refractivity contribution in [2.24, 2.45) is 5.92 Å². The first-order valence-electron chi connectivity index (χ1n) is 6.70. The van der Waals surface area contributed by atoms with E-state index in [-0.39, 0.29) is 0 Å². The Labute approximate surface area is 114 Å². The summed E-state index contributed by atoms with van der Waals surface area (Å²) in [4.78, 5) is 0. The number of aryl methyl sites for hydroxylation is 1. The summed E-state index contributed by atoms with van der Waals surface area (Å²) in [6.45, 7) is 8.78. The molecule has 1 heterocycles. The second-order valence-corrected chi connectivity index (χ2v) is 5.45. The maximum absolute atomic E-state index is 5.23. The van der Waals surface area contributed by atoms with Crippen molar-refractivity contribution >= 4 is 5.69 Å². The SMILES string of the molecule is Cc1ccc(-c2nnco2)cc1NC(C)CC(C)C. The Kier molecular flexibility index (Phi) is 4.20. The van der Waals surface area contributed by atoms with E-state index in [1.165, 1.54) is 12.0 Å². The van der Waals surface area contributed by atoms with Gasteiger partial charge in [0, 0.05) is 17.3 Å². The molecule has 0 aliphatic heterocycles. The number of nitrogens with zero attached hydrogens (tertiary/aromatic N) is 2. The highest BCUT2D eigenvalue weighted by Crippen LogP contribution is 2.25. The molecule has 2 aromatic rings. The highest BCUT2D eigenvalue weighted by atomic mass is 16.4. The average Bonchev–Trinajstić information content (AvgIpc) is 2.84. The van der Waals surface area contributed by atoms with Crippen LogP contribution >= 0.6 is 0 Å². The Morgan fingerprint density at radius 3 is 2.68 bits per heavy atom. The van der Waals surface area contributed by atoms with Gasteiger partial charge in [-0.05, 0) is 43.9 Å². The van der Waals surface area contributed by atoms with Crippen molar-refractivity contribution in [3.05, 3.63) is 30.2 Å². The molecule has 0 saturated carbocycles. The molecular formula is C15H21N3O. The van der Waals surface area contributed by atoms with E-state index in [1.807, 2.05) is 6.07 Å². The van der Waals surface area contributed by atoms with Gasteiger partial charge < -0.3 is 9.73 Å². The van der Waals surface area contributed by atoms with Crippen LogP contribution in [0.15, 0.2) is 29.0 Å². The standard InChI is InChI=1S/C15H21N3O/c1-10(2)7-12(4)17-14-8-13(6-5-11(14)3)15-18-16-9-19-15/h5-6,8-10,12,17H,7H2,1-4H3. The van der Waals surface area contributed by atoms with Crippen LogP contribution in [0.25, 0.3) is 11.5 Å². The van der Waals surface area contributed by atoms with Gasteiger partial charge >= 0.3 is 0 Å². The molecule has 4 heteroatoms. The van der Waals surface area contributed by atoms with Gasteiger partial charge in [-0.15, -0.1) is 10.2 Å². The molecule has 4 nitrogen and oxygen atoms in total. The first-order chi connectivity index (χ1) is 9.06. The zero-order chi connectivity index (χ0) is 13.8. The van der Waals surface area contributed by atoms with E-state index >= 15 is 0 Å². The smallest absolute Gasteiger partial charge is 0.247 e. The van der Waals surface area contributed by atoms with Gasteiger partial charge in [-0.25, -0.2) is 0 Å². The summed E-state index contributed by atoms with van der Waals surface area (Å²) < 4.78 is 5.23. The van der Waals surface area contributed by atoms with Crippen molar-refractivity contribution in [3.63, 3.8) is 0 Å². The number of anilines is 1. The van der Waals surface area contributed by atoms with Crippen LogP contribution in [0.1, 0.15) is 32.8 Å². The van der Waals surface area contributed by atoms with Gasteiger partial charge in [0.1, 0.15) is 0 Å². The quantitative estimate of drug-likeness (QED) is 0.885. The molecule has 2 rings (SSSR count). The molecule has 0 aliphatic rings. The van der Waals surface area contributed by atoms with Crippen molar-refractivity contribution in [1.82, 2.24) is 10.2 Å². The summed E-state index contributed by atoms with van der Waals surface area (Å²) in [5.41, 5.74) is 3.30. The minimum Gasteiger partial charge on any atom is -0.423 e. The summed E-state index contributed by atoms with van der Waals surface area (Å²) in [6.07, 6.45) is 2.49. The Hall–Kier alpha value is -1.84. The Morgan fingerprint density at radius 1 is 1.26 bits per heavy atom. The Balaban J connectivity index is 2.18. The summed E-state index contributed by atoms with van der Waals surface area (Å²) in [5, 5.41) is 11.2. The number of rotatable bonds is 5. The zero-order valence-corrected chi connectivity index (χ0v) is 12.0. The normalized spacial score (nSPS) is 12.7. The van der Waals surface area contributed by atoms with Crippen molar-refractivity contribution in [2.75, 3.05) is 5.32 Å². The monoisotopic (exact) mass is 259 g/mol. The van der Waals surface area contributed by atoms with E-state index in [0.717, 1.165) is 17.7 Å². The first kappa shape index (κ1) is 13.6. The summed E-state index contributed by atoms with van der Waals surface area (Å²) in [7, 11) is 0. The molecule has 0 fully saturated rings. The van der Waals surface area contributed by atoms with Gasteiger partial charge in [-0.3, -0.25) is 0 Å². The van der Waals surface area contributed by atoms with E-state index in [2.05, 4.69) is 55.3 Å². The fourth-order valence-corrected chi connectivity index (χ4v) is 2.24. The average molecular weight is 259 g/mol. The topological polar surface area (TPSA) is 51.0 Å². The van der Waals surface area contributed by atoms with Crippen molar-refractivity contribution in [3.8, 4) is 11.5 Å². The molecule has 1 unspecified atom stereocenters. The van der Waals surface area contributed by atoms with Gasteiger partial charge in [-0.1, -0.05) is 19.9 Å². The third kappa shape index (κ3) is 3.56. The van der Waals surface area contributed by atoms with Crippen molar-refractivity contribution in [2.45, 2.75) is 40.2 Å². The predicted octanol–water partition coefficient (Wildman–Crippen LogP) is 3.89. The van der Waals surface area contributed by atoms with E-state index in [1.54, 1.807) is 0 Å². The number of nitrogens with one attached hydrogen (secondary N) is 1. The minimum absolute atomic E-state index is 0.441. The lowest BCUT2D eigenvalue weighted by molar-refractivity contribution is 0.539. The Morgan fingerprint density at radius 2 is 2.05 bits per heavy atom.